The maximum Gasteiger partial charge on any atom is 0.159 e. The summed E-state index contributed by atoms with van der Waals surface area (Å²) in [7, 11) is 0. The highest BCUT2D eigenvalue weighted by Crippen LogP contribution is 2.34. The van der Waals surface area contributed by atoms with Gasteiger partial charge in [0.1, 0.15) is 11.6 Å². The van der Waals surface area contributed by atoms with Gasteiger partial charge in [-0.1, -0.05) is 36.6 Å². The van der Waals surface area contributed by atoms with Crippen LogP contribution in [0.3, 0.4) is 0 Å². The predicted octanol–water partition coefficient (Wildman–Crippen LogP) is 4.65. The number of benzene rings is 1. The Hall–Kier alpha value is -2.86. The monoisotopic (exact) mass is 416 g/mol. The first-order valence-electron chi connectivity index (χ1n) is 11.6. The SMILES string of the molecule is Cc1cccc(-c2ccn(C3=N/C(=C/CCC4CC4)N(N)C(N4CCCCC4)=C3)n2)c1. The summed E-state index contributed by atoms with van der Waals surface area (Å²) < 4.78 is 1.88. The van der Waals surface area contributed by atoms with Gasteiger partial charge in [0.15, 0.2) is 5.84 Å². The average molecular weight is 417 g/mol. The van der Waals surface area contributed by atoms with Crippen molar-refractivity contribution in [2.24, 2.45) is 16.8 Å². The Morgan fingerprint density at radius 1 is 1.13 bits per heavy atom. The number of rotatable bonds is 5. The van der Waals surface area contributed by atoms with E-state index in [9.17, 15) is 0 Å². The molecule has 5 rings (SSSR count). The second-order valence-electron chi connectivity index (χ2n) is 8.99. The molecule has 1 aromatic heterocycles. The lowest BCUT2D eigenvalue weighted by molar-refractivity contribution is 0.207. The Kier molecular flexibility index (Phi) is 5.64. The van der Waals surface area contributed by atoms with Gasteiger partial charge < -0.3 is 4.90 Å². The molecule has 0 spiro atoms. The second kappa shape index (κ2) is 8.71. The molecule has 1 aromatic carbocycles. The van der Waals surface area contributed by atoms with Crippen LogP contribution in [0.5, 0.6) is 0 Å². The number of hydrazine groups is 1. The van der Waals surface area contributed by atoms with Crippen LogP contribution in [-0.2, 0) is 0 Å². The van der Waals surface area contributed by atoms with Gasteiger partial charge in [-0.2, -0.15) is 5.10 Å². The molecule has 0 unspecified atom stereocenters. The van der Waals surface area contributed by atoms with Crippen molar-refractivity contribution in [3.63, 3.8) is 0 Å². The number of aromatic nitrogens is 2. The summed E-state index contributed by atoms with van der Waals surface area (Å²) in [6.45, 7) is 4.18. The quantitative estimate of drug-likeness (QED) is 0.721. The molecule has 0 bridgehead atoms. The summed E-state index contributed by atoms with van der Waals surface area (Å²) >= 11 is 0. The highest BCUT2D eigenvalue weighted by molar-refractivity contribution is 5.96. The first-order chi connectivity index (χ1) is 15.2. The molecule has 2 fully saturated rings. The molecule has 0 amide bonds. The van der Waals surface area contributed by atoms with E-state index in [-0.39, 0.29) is 0 Å². The molecule has 3 heterocycles. The molecule has 0 radical (unpaired) electrons. The lowest BCUT2D eigenvalue weighted by Gasteiger charge is -2.37. The number of allylic oxidation sites excluding steroid dienone is 2. The fraction of sp³-hybridized carbons (Fsp3) is 0.440. The van der Waals surface area contributed by atoms with Gasteiger partial charge in [-0.15, -0.1) is 0 Å². The van der Waals surface area contributed by atoms with Crippen LogP contribution < -0.4 is 5.84 Å². The highest BCUT2D eigenvalue weighted by Gasteiger charge is 2.25. The number of nitrogens with zero attached hydrogens (tertiary/aromatic N) is 5. The summed E-state index contributed by atoms with van der Waals surface area (Å²) in [5.74, 6) is 10.1. The maximum atomic E-state index is 6.56. The Morgan fingerprint density at radius 3 is 2.74 bits per heavy atom. The largest absolute Gasteiger partial charge is 0.357 e. The topological polar surface area (TPSA) is 62.7 Å². The van der Waals surface area contributed by atoms with E-state index < -0.39 is 0 Å². The van der Waals surface area contributed by atoms with Crippen LogP contribution in [0.1, 0.15) is 50.5 Å². The van der Waals surface area contributed by atoms with E-state index in [1.54, 1.807) is 5.01 Å². The van der Waals surface area contributed by atoms with Gasteiger partial charge in [0.2, 0.25) is 0 Å². The number of aryl methyl sites for hydroxylation is 1. The lowest BCUT2D eigenvalue weighted by atomic mass is 10.1. The minimum Gasteiger partial charge on any atom is -0.357 e. The van der Waals surface area contributed by atoms with E-state index in [1.165, 1.54) is 44.1 Å². The third-order valence-corrected chi connectivity index (χ3v) is 6.40. The molecule has 1 aliphatic carbocycles. The fourth-order valence-corrected chi connectivity index (χ4v) is 4.40. The molecule has 2 N–H and O–H groups in total. The van der Waals surface area contributed by atoms with Crippen LogP contribution in [0, 0.1) is 12.8 Å². The van der Waals surface area contributed by atoms with E-state index in [0.29, 0.717) is 0 Å². The highest BCUT2D eigenvalue weighted by atomic mass is 15.5. The molecular formula is C25H32N6. The van der Waals surface area contributed by atoms with E-state index in [0.717, 1.165) is 54.2 Å². The minimum absolute atomic E-state index is 0.818. The van der Waals surface area contributed by atoms with E-state index in [1.807, 2.05) is 10.9 Å². The summed E-state index contributed by atoms with van der Waals surface area (Å²) in [5, 5.41) is 6.61. The number of hydrogen-bond donors (Lipinski definition) is 1. The molecule has 31 heavy (non-hydrogen) atoms. The zero-order valence-electron chi connectivity index (χ0n) is 18.4. The van der Waals surface area contributed by atoms with Gasteiger partial charge >= 0.3 is 0 Å². The Bertz CT molecular complexity index is 1020. The lowest BCUT2D eigenvalue weighted by Crippen LogP contribution is -2.43. The van der Waals surface area contributed by atoms with Gasteiger partial charge in [-0.3, -0.25) is 0 Å². The third kappa shape index (κ3) is 4.59. The molecule has 1 saturated heterocycles. The van der Waals surface area contributed by atoms with Crippen LogP contribution in [0.4, 0.5) is 0 Å². The molecule has 2 aromatic rings. The summed E-state index contributed by atoms with van der Waals surface area (Å²) in [6, 6.07) is 10.5. The summed E-state index contributed by atoms with van der Waals surface area (Å²) in [4.78, 5) is 7.28. The zero-order valence-corrected chi connectivity index (χ0v) is 18.4. The van der Waals surface area contributed by atoms with Crippen molar-refractivity contribution < 1.29 is 0 Å². The first-order valence-corrected chi connectivity index (χ1v) is 11.6. The molecule has 3 aliphatic rings. The van der Waals surface area contributed by atoms with Crippen molar-refractivity contribution in [1.29, 1.82) is 0 Å². The van der Waals surface area contributed by atoms with Gasteiger partial charge in [0, 0.05) is 30.9 Å². The fourth-order valence-electron chi connectivity index (χ4n) is 4.40. The maximum absolute atomic E-state index is 6.56. The van der Waals surface area contributed by atoms with Crippen molar-refractivity contribution >= 4 is 5.84 Å². The number of piperidine rings is 1. The van der Waals surface area contributed by atoms with Crippen molar-refractivity contribution in [2.45, 2.75) is 51.9 Å². The van der Waals surface area contributed by atoms with E-state index in [2.05, 4.69) is 54.3 Å². The zero-order chi connectivity index (χ0) is 21.2. The second-order valence-corrected chi connectivity index (χ2v) is 8.99. The van der Waals surface area contributed by atoms with Crippen LogP contribution in [0.15, 0.2) is 65.3 Å². The van der Waals surface area contributed by atoms with Gasteiger partial charge in [0.25, 0.3) is 0 Å². The van der Waals surface area contributed by atoms with Crippen LogP contribution >= 0.6 is 0 Å². The number of hydrogen-bond acceptors (Lipinski definition) is 5. The third-order valence-electron chi connectivity index (χ3n) is 6.40. The molecular weight excluding hydrogens is 384 g/mol. The minimum atomic E-state index is 0.818. The van der Waals surface area contributed by atoms with Crippen LogP contribution in [-0.4, -0.2) is 38.6 Å². The summed E-state index contributed by atoms with van der Waals surface area (Å²) in [5.41, 5.74) is 3.30. The molecule has 2 aliphatic heterocycles. The smallest absolute Gasteiger partial charge is 0.159 e. The molecule has 162 valence electrons. The van der Waals surface area contributed by atoms with Crippen LogP contribution in [0.2, 0.25) is 0 Å². The standard InChI is InChI=1S/C25H32N6/c1-19-7-5-9-21(17-19)22-13-16-30(28-22)24-18-25(29-14-3-2-4-15-29)31(26)23(27-24)10-6-8-20-11-12-20/h5,7,9-10,13,16-18,20H,2-4,6,8,11-12,14-15,26H2,1H3/b23-10-. The molecule has 1 saturated carbocycles. The van der Waals surface area contributed by atoms with Gasteiger partial charge in [-0.25, -0.2) is 20.5 Å². The Labute approximate surface area is 184 Å². The van der Waals surface area contributed by atoms with Crippen molar-refractivity contribution in [1.82, 2.24) is 19.7 Å². The molecule has 6 heteroatoms. The number of aliphatic imine (C=N–C) groups is 1. The van der Waals surface area contributed by atoms with Gasteiger partial charge in [-0.05, 0) is 63.2 Å². The van der Waals surface area contributed by atoms with Crippen molar-refractivity contribution in [3.05, 3.63) is 65.9 Å². The van der Waals surface area contributed by atoms with E-state index >= 15 is 0 Å². The average Bonchev–Trinajstić information content (AvgIpc) is 3.48. The van der Waals surface area contributed by atoms with E-state index in [4.69, 9.17) is 15.9 Å². The van der Waals surface area contributed by atoms with Gasteiger partial charge in [0.05, 0.1) is 5.69 Å². The van der Waals surface area contributed by atoms with Crippen LogP contribution in [0.25, 0.3) is 11.3 Å². The first kappa shape index (κ1) is 20.1. The Morgan fingerprint density at radius 2 is 1.97 bits per heavy atom. The van der Waals surface area contributed by atoms with Crippen molar-refractivity contribution in [2.75, 3.05) is 13.1 Å². The number of nitrogens with two attached hydrogens (primary N) is 1. The van der Waals surface area contributed by atoms with Crippen molar-refractivity contribution in [3.8, 4) is 11.3 Å². The summed E-state index contributed by atoms with van der Waals surface area (Å²) in [6.07, 6.45) is 15.0. The molecule has 0 atom stereocenters. The number of likely N-dealkylation sites (tertiary alicyclic amines) is 1. The Balaban J connectivity index is 1.46. The normalized spacial score (nSPS) is 20.8. The molecule has 6 nitrogen and oxygen atoms in total. The predicted molar refractivity (Wildman–Crippen MR) is 125 cm³/mol.